The van der Waals surface area contributed by atoms with E-state index in [-0.39, 0.29) is 11.4 Å². The van der Waals surface area contributed by atoms with E-state index in [1.54, 1.807) is 25.1 Å². The molecule has 4 nitrogen and oxygen atoms in total. The quantitative estimate of drug-likeness (QED) is 0.671. The van der Waals surface area contributed by atoms with Crippen LogP contribution in [0.4, 0.5) is 11.4 Å². The van der Waals surface area contributed by atoms with E-state index in [1.165, 1.54) is 0 Å². The maximum atomic E-state index is 12.0. The number of benzene rings is 1. The van der Waals surface area contributed by atoms with Gasteiger partial charge >= 0.3 is 5.97 Å². The monoisotopic (exact) mass is 264 g/mol. The van der Waals surface area contributed by atoms with E-state index >= 15 is 0 Å². The number of hydrogen-bond donors (Lipinski definition) is 1. The van der Waals surface area contributed by atoms with E-state index in [0.29, 0.717) is 17.9 Å². The lowest BCUT2D eigenvalue weighted by molar-refractivity contribution is 0.0527. The van der Waals surface area contributed by atoms with Crippen LogP contribution in [-0.2, 0) is 4.74 Å². The van der Waals surface area contributed by atoms with E-state index in [2.05, 4.69) is 20.8 Å². The third-order valence-corrected chi connectivity index (χ3v) is 2.66. The molecule has 0 heterocycles. The molecule has 1 aromatic rings. The van der Waals surface area contributed by atoms with E-state index in [4.69, 9.17) is 10.5 Å². The summed E-state index contributed by atoms with van der Waals surface area (Å²) in [5, 5.41) is 0. The fraction of sp³-hybridized carbons (Fsp3) is 0.533. The number of ether oxygens (including phenoxy) is 1. The molecule has 0 aliphatic heterocycles. The van der Waals surface area contributed by atoms with Gasteiger partial charge in [0, 0.05) is 13.6 Å². The molecule has 0 saturated heterocycles. The van der Waals surface area contributed by atoms with Crippen LogP contribution in [0.25, 0.3) is 0 Å². The minimum atomic E-state index is -0.328. The number of anilines is 2. The predicted octanol–water partition coefficient (Wildman–Crippen LogP) is 2.93. The molecule has 0 amide bonds. The first-order valence-corrected chi connectivity index (χ1v) is 6.53. The Kier molecular flexibility index (Phi) is 4.81. The van der Waals surface area contributed by atoms with Crippen LogP contribution in [0.1, 0.15) is 38.1 Å². The topological polar surface area (TPSA) is 55.6 Å². The lowest BCUT2D eigenvalue weighted by Gasteiger charge is -2.30. The van der Waals surface area contributed by atoms with Crippen LogP contribution in [-0.4, -0.2) is 26.2 Å². The number of nitrogens with zero attached hydrogens (tertiary/aromatic N) is 1. The summed E-state index contributed by atoms with van der Waals surface area (Å²) in [4.78, 5) is 14.0. The van der Waals surface area contributed by atoms with Gasteiger partial charge < -0.3 is 15.4 Å². The summed E-state index contributed by atoms with van der Waals surface area (Å²) < 4.78 is 5.08. The van der Waals surface area contributed by atoms with Crippen molar-refractivity contribution in [3.8, 4) is 0 Å². The van der Waals surface area contributed by atoms with Crippen molar-refractivity contribution >= 4 is 17.3 Å². The number of para-hydroxylation sites is 1. The number of rotatable bonds is 4. The highest BCUT2D eigenvalue weighted by molar-refractivity contribution is 5.99. The van der Waals surface area contributed by atoms with Crippen molar-refractivity contribution in [2.45, 2.75) is 27.7 Å². The van der Waals surface area contributed by atoms with Crippen LogP contribution in [0.15, 0.2) is 18.2 Å². The first-order valence-electron chi connectivity index (χ1n) is 6.53. The second-order valence-electron chi connectivity index (χ2n) is 5.88. The van der Waals surface area contributed by atoms with Crippen LogP contribution in [0, 0.1) is 5.41 Å². The van der Waals surface area contributed by atoms with Gasteiger partial charge in [0.25, 0.3) is 0 Å². The molecule has 1 rings (SSSR count). The normalized spacial score (nSPS) is 11.2. The summed E-state index contributed by atoms with van der Waals surface area (Å²) in [5.41, 5.74) is 8.00. The van der Waals surface area contributed by atoms with Crippen LogP contribution in [0.3, 0.4) is 0 Å². The van der Waals surface area contributed by atoms with Crippen molar-refractivity contribution in [2.75, 3.05) is 30.8 Å². The lowest BCUT2D eigenvalue weighted by Crippen LogP contribution is -2.31. The van der Waals surface area contributed by atoms with E-state index in [0.717, 1.165) is 12.2 Å². The molecule has 0 fully saturated rings. The van der Waals surface area contributed by atoms with Crippen LogP contribution in [0.2, 0.25) is 0 Å². The molecule has 1 aromatic carbocycles. The van der Waals surface area contributed by atoms with E-state index in [9.17, 15) is 4.79 Å². The zero-order valence-electron chi connectivity index (χ0n) is 12.5. The number of carbonyl (C=O) groups excluding carboxylic acids is 1. The third kappa shape index (κ3) is 4.16. The van der Waals surface area contributed by atoms with E-state index in [1.807, 2.05) is 11.9 Å². The Bertz CT molecular complexity index is 450. The second-order valence-corrected chi connectivity index (χ2v) is 5.88. The van der Waals surface area contributed by atoms with Gasteiger partial charge in [0.2, 0.25) is 0 Å². The number of esters is 1. The molecule has 0 aliphatic carbocycles. The zero-order chi connectivity index (χ0) is 14.6. The number of nitrogen functional groups attached to an aromatic ring is 1. The Balaban J connectivity index is 3.14. The highest BCUT2D eigenvalue weighted by atomic mass is 16.5. The van der Waals surface area contributed by atoms with Gasteiger partial charge in [-0.15, -0.1) is 0 Å². The van der Waals surface area contributed by atoms with Gasteiger partial charge in [-0.05, 0) is 24.5 Å². The van der Waals surface area contributed by atoms with Crippen molar-refractivity contribution < 1.29 is 9.53 Å². The minimum absolute atomic E-state index is 0.114. The van der Waals surface area contributed by atoms with Gasteiger partial charge in [-0.3, -0.25) is 0 Å². The molecule has 0 bridgehead atoms. The maximum absolute atomic E-state index is 12.0. The first-order chi connectivity index (χ1) is 8.76. The van der Waals surface area contributed by atoms with Crippen molar-refractivity contribution in [3.63, 3.8) is 0 Å². The molecule has 0 aromatic heterocycles. The van der Waals surface area contributed by atoms with Gasteiger partial charge in [0.05, 0.1) is 23.5 Å². The average molecular weight is 264 g/mol. The Hall–Kier alpha value is -1.71. The molecule has 2 N–H and O–H groups in total. The van der Waals surface area contributed by atoms with Gasteiger partial charge in [0.15, 0.2) is 0 Å². The first kappa shape index (κ1) is 15.3. The molecule has 0 unspecified atom stereocenters. The average Bonchev–Trinajstić information content (AvgIpc) is 2.26. The highest BCUT2D eigenvalue weighted by Crippen LogP contribution is 2.30. The Labute approximate surface area is 115 Å². The van der Waals surface area contributed by atoms with Gasteiger partial charge in [-0.2, -0.15) is 0 Å². The second kappa shape index (κ2) is 5.95. The van der Waals surface area contributed by atoms with Gasteiger partial charge in [0.1, 0.15) is 0 Å². The van der Waals surface area contributed by atoms with Gasteiger partial charge in [-0.25, -0.2) is 4.79 Å². The smallest absolute Gasteiger partial charge is 0.340 e. The summed E-state index contributed by atoms with van der Waals surface area (Å²) in [5.74, 6) is -0.328. The maximum Gasteiger partial charge on any atom is 0.340 e. The fourth-order valence-corrected chi connectivity index (χ4v) is 2.15. The fourth-order valence-electron chi connectivity index (χ4n) is 2.15. The summed E-state index contributed by atoms with van der Waals surface area (Å²) in [6.07, 6.45) is 0. The molecular formula is C15H24N2O2. The summed E-state index contributed by atoms with van der Waals surface area (Å²) in [6.45, 7) is 9.39. The van der Waals surface area contributed by atoms with Crippen LogP contribution in [0.5, 0.6) is 0 Å². The summed E-state index contributed by atoms with van der Waals surface area (Å²) in [6, 6.07) is 5.33. The molecule has 106 valence electrons. The Morgan fingerprint density at radius 3 is 2.53 bits per heavy atom. The molecule has 19 heavy (non-hydrogen) atoms. The zero-order valence-corrected chi connectivity index (χ0v) is 12.5. The molecule has 0 atom stereocenters. The molecule has 0 spiro atoms. The molecule has 0 radical (unpaired) electrons. The molecule has 4 heteroatoms. The third-order valence-electron chi connectivity index (χ3n) is 2.66. The van der Waals surface area contributed by atoms with Crippen LogP contribution >= 0.6 is 0 Å². The standard InChI is InChI=1S/C15H24N2O2/c1-6-19-14(18)11-8-7-9-12(16)13(11)17(5)10-15(2,3)4/h7-9H,6,10,16H2,1-5H3. The molecule has 0 aliphatic rings. The number of hydrogen-bond acceptors (Lipinski definition) is 4. The summed E-state index contributed by atoms with van der Waals surface area (Å²) >= 11 is 0. The number of carbonyl (C=O) groups is 1. The lowest BCUT2D eigenvalue weighted by atomic mass is 9.95. The Morgan fingerprint density at radius 2 is 2.00 bits per heavy atom. The molecular weight excluding hydrogens is 240 g/mol. The highest BCUT2D eigenvalue weighted by Gasteiger charge is 2.21. The minimum Gasteiger partial charge on any atom is -0.462 e. The predicted molar refractivity (Wildman–Crippen MR) is 79.5 cm³/mol. The van der Waals surface area contributed by atoms with Crippen molar-refractivity contribution in [1.82, 2.24) is 0 Å². The Morgan fingerprint density at radius 1 is 1.37 bits per heavy atom. The van der Waals surface area contributed by atoms with Crippen LogP contribution < -0.4 is 10.6 Å². The SMILES string of the molecule is CCOC(=O)c1cccc(N)c1N(C)CC(C)(C)C. The summed E-state index contributed by atoms with van der Waals surface area (Å²) in [7, 11) is 1.94. The van der Waals surface area contributed by atoms with Crippen molar-refractivity contribution in [1.29, 1.82) is 0 Å². The van der Waals surface area contributed by atoms with E-state index < -0.39 is 0 Å². The molecule has 0 saturated carbocycles. The van der Waals surface area contributed by atoms with Gasteiger partial charge in [-0.1, -0.05) is 26.8 Å². The number of nitrogens with two attached hydrogens (primary N) is 1. The van der Waals surface area contributed by atoms with Crippen molar-refractivity contribution in [3.05, 3.63) is 23.8 Å². The largest absolute Gasteiger partial charge is 0.462 e. The van der Waals surface area contributed by atoms with Crippen molar-refractivity contribution in [2.24, 2.45) is 5.41 Å².